The van der Waals surface area contributed by atoms with Crippen molar-refractivity contribution in [1.29, 1.82) is 0 Å². The highest BCUT2D eigenvalue weighted by atomic mass is 16.6. The molecule has 0 spiro atoms. The minimum absolute atomic E-state index is 0.123. The predicted octanol–water partition coefficient (Wildman–Crippen LogP) is 16.9. The van der Waals surface area contributed by atoms with Gasteiger partial charge in [-0.2, -0.15) is 0 Å². The van der Waals surface area contributed by atoms with E-state index >= 15 is 0 Å². The Labute approximate surface area is 437 Å². The molecule has 0 bridgehead atoms. The number of hydrogen-bond acceptors (Lipinski definition) is 8. The molecule has 9 heteroatoms. The van der Waals surface area contributed by atoms with E-state index in [0.717, 1.165) is 61.1 Å². The molecule has 0 aliphatic rings. The smallest absolute Gasteiger partial charge is 0.306 e. The number of nitrogens with two attached hydrogens (primary N) is 1. The monoisotopic (exact) mass is 988 g/mol. The number of aromatic nitrogens is 3. The number of carbonyl (C=O) groups is 1. The Morgan fingerprint density at radius 1 is 0.563 bits per heavy atom. The number of ether oxygens (including phenoxy) is 1. The number of nitrogen functional groups attached to an aromatic ring is 1. The molecule has 2 aromatic heterocycles. The van der Waals surface area contributed by atoms with Crippen molar-refractivity contribution < 1.29 is 9.53 Å². The van der Waals surface area contributed by atoms with Crippen LogP contribution < -0.4 is 11.1 Å². The maximum atomic E-state index is 13.4. The lowest BCUT2D eigenvalue weighted by atomic mass is 10.0. The fraction of sp³-hybridized carbons (Fsp3) is 0.823. The Hall–Kier alpha value is -2.75. The van der Waals surface area contributed by atoms with E-state index in [-0.39, 0.29) is 5.97 Å². The van der Waals surface area contributed by atoms with Gasteiger partial charge in [0.15, 0.2) is 5.82 Å². The molecular formula is C62H113N7O2. The lowest BCUT2D eigenvalue weighted by molar-refractivity contribution is -0.157. The maximum absolute atomic E-state index is 13.4. The molecule has 0 unspecified atom stereocenters. The average molecular weight is 989 g/mol. The molecule has 0 aliphatic carbocycles. The fourth-order valence-corrected chi connectivity index (χ4v) is 10.7. The molecular weight excluding hydrogens is 875 g/mol. The summed E-state index contributed by atoms with van der Waals surface area (Å²) in [7, 11) is 0. The first-order valence-electron chi connectivity index (χ1n) is 30.6. The molecule has 0 radical (unpaired) electrons. The van der Waals surface area contributed by atoms with Gasteiger partial charge in [0.1, 0.15) is 16.9 Å². The van der Waals surface area contributed by atoms with Crippen molar-refractivity contribution in [2.24, 2.45) is 0 Å². The van der Waals surface area contributed by atoms with E-state index in [9.17, 15) is 4.79 Å². The van der Waals surface area contributed by atoms with Crippen LogP contribution >= 0.6 is 0 Å². The summed E-state index contributed by atoms with van der Waals surface area (Å²) in [5, 5.41) is 4.43. The molecule has 0 atom stereocenters. The van der Waals surface area contributed by atoms with E-state index in [1.165, 1.54) is 225 Å². The van der Waals surface area contributed by atoms with Crippen LogP contribution in [0.3, 0.4) is 0 Å². The van der Waals surface area contributed by atoms with E-state index in [1.54, 1.807) is 0 Å². The van der Waals surface area contributed by atoms with Crippen LogP contribution in [-0.4, -0.2) is 81.7 Å². The quantitative estimate of drug-likeness (QED) is 0.0426. The van der Waals surface area contributed by atoms with Gasteiger partial charge >= 0.3 is 5.97 Å². The minimum atomic E-state index is -0.729. The molecule has 2 heterocycles. The Kier molecular flexibility index (Phi) is 35.8. The van der Waals surface area contributed by atoms with Crippen LogP contribution in [0.15, 0.2) is 24.3 Å². The summed E-state index contributed by atoms with van der Waals surface area (Å²) in [6.45, 7) is 22.1. The molecule has 0 aliphatic heterocycles. The van der Waals surface area contributed by atoms with Crippen LogP contribution in [0.25, 0.3) is 21.9 Å². The number of hydrogen-bond donors (Lipinski definition) is 2. The first-order chi connectivity index (χ1) is 34.7. The first kappa shape index (κ1) is 62.5. The number of nitrogens with one attached hydrogen (secondary N) is 1. The number of nitrogens with zero attached hydrogens (tertiary/aromatic N) is 5. The van der Waals surface area contributed by atoms with Gasteiger partial charge in [-0.1, -0.05) is 232 Å². The first-order valence-corrected chi connectivity index (χ1v) is 30.6. The lowest BCUT2D eigenvalue weighted by Crippen LogP contribution is -2.34. The van der Waals surface area contributed by atoms with E-state index in [2.05, 4.69) is 58.4 Å². The number of unbranched alkanes of at least 4 members (excludes halogenated alkanes) is 30. The van der Waals surface area contributed by atoms with Crippen LogP contribution in [0.2, 0.25) is 0 Å². The summed E-state index contributed by atoms with van der Waals surface area (Å²) >= 11 is 0. The van der Waals surface area contributed by atoms with Gasteiger partial charge < -0.3 is 30.2 Å². The van der Waals surface area contributed by atoms with Gasteiger partial charge in [-0.3, -0.25) is 4.79 Å². The second kappa shape index (κ2) is 40.6. The molecule has 3 aromatic rings. The largest absolute Gasteiger partial charge is 0.458 e. The molecule has 3 rings (SSSR count). The summed E-state index contributed by atoms with van der Waals surface area (Å²) in [6, 6.07) is 8.06. The molecule has 1 aromatic carbocycles. The fourth-order valence-electron chi connectivity index (χ4n) is 10.7. The van der Waals surface area contributed by atoms with E-state index in [0.29, 0.717) is 30.8 Å². The molecule has 0 fully saturated rings. The number of imidazole rings is 1. The Morgan fingerprint density at radius 2 is 0.986 bits per heavy atom. The molecule has 408 valence electrons. The molecule has 9 nitrogen and oxygen atoms in total. The van der Waals surface area contributed by atoms with E-state index in [4.69, 9.17) is 15.5 Å². The molecule has 0 saturated carbocycles. The summed E-state index contributed by atoms with van der Waals surface area (Å²) in [5.74, 6) is 1.17. The predicted molar refractivity (Wildman–Crippen MR) is 308 cm³/mol. The summed E-state index contributed by atoms with van der Waals surface area (Å²) in [5.41, 5.74) is 8.20. The second-order valence-corrected chi connectivity index (χ2v) is 22.2. The van der Waals surface area contributed by atoms with Crippen LogP contribution in [0.4, 0.5) is 5.82 Å². The SMILES string of the molecule is CCCCCCCCCCCCCCCCCN(CC)CCCN(CCCCCCCCCCCCCCCCC)CCCCCC(=O)OC(C)(C)Cn1c(CNCC)nc2c(N)nc3ccccc3c21. The van der Waals surface area contributed by atoms with Crippen LogP contribution in [0.5, 0.6) is 0 Å². The number of esters is 1. The third kappa shape index (κ3) is 28.5. The van der Waals surface area contributed by atoms with Gasteiger partial charge in [0.05, 0.1) is 24.1 Å². The Balaban J connectivity index is 1.38. The highest BCUT2D eigenvalue weighted by Gasteiger charge is 2.27. The van der Waals surface area contributed by atoms with Crippen LogP contribution in [0, 0.1) is 0 Å². The normalized spacial score (nSPS) is 12.2. The number of anilines is 1. The van der Waals surface area contributed by atoms with E-state index in [1.807, 2.05) is 32.0 Å². The molecule has 0 amide bonds. The molecule has 71 heavy (non-hydrogen) atoms. The third-order valence-electron chi connectivity index (χ3n) is 15.1. The number of rotatable bonds is 49. The second-order valence-electron chi connectivity index (χ2n) is 22.2. The van der Waals surface area contributed by atoms with Gasteiger partial charge in [0.25, 0.3) is 0 Å². The van der Waals surface area contributed by atoms with Crippen molar-refractivity contribution in [3.05, 3.63) is 30.1 Å². The molecule has 3 N–H and O–H groups in total. The Bertz CT molecular complexity index is 1740. The van der Waals surface area contributed by atoms with Gasteiger partial charge in [0, 0.05) is 11.8 Å². The number of benzene rings is 1. The van der Waals surface area contributed by atoms with Crippen molar-refractivity contribution in [3.63, 3.8) is 0 Å². The summed E-state index contributed by atoms with van der Waals surface area (Å²) < 4.78 is 8.41. The van der Waals surface area contributed by atoms with Crippen molar-refractivity contribution in [2.45, 2.75) is 285 Å². The minimum Gasteiger partial charge on any atom is -0.458 e. The number of pyridine rings is 1. The standard InChI is InChI=1S/C62H113N7O2/c1-7-11-13-15-17-19-21-23-25-27-29-31-33-35-41-48-67(10-4)51-44-52-68(49-42-36-34-32-30-28-26-24-22-20-18-16-14-12-8-2)50-43-37-38-47-58(70)71-62(5,6)54-69-57(53-64-9-3)66-59-60(69)55-45-39-40-46-56(55)65-61(59)63/h39-40,45-46,64H,7-38,41-44,47-54H2,1-6H3,(H2,63,65). The zero-order valence-electron chi connectivity index (χ0n) is 47.6. The Morgan fingerprint density at radius 3 is 1.46 bits per heavy atom. The summed E-state index contributed by atoms with van der Waals surface area (Å²) in [4.78, 5) is 28.4. The highest BCUT2D eigenvalue weighted by Crippen LogP contribution is 2.31. The van der Waals surface area contributed by atoms with Crippen LogP contribution in [-0.2, 0) is 22.6 Å². The third-order valence-corrected chi connectivity index (χ3v) is 15.1. The van der Waals surface area contributed by atoms with Gasteiger partial charge in [-0.25, -0.2) is 9.97 Å². The van der Waals surface area contributed by atoms with Crippen molar-refractivity contribution in [3.8, 4) is 0 Å². The zero-order chi connectivity index (χ0) is 51.0. The maximum Gasteiger partial charge on any atom is 0.306 e. The van der Waals surface area contributed by atoms with Gasteiger partial charge in [0.2, 0.25) is 0 Å². The average Bonchev–Trinajstić information content (AvgIpc) is 3.72. The van der Waals surface area contributed by atoms with Gasteiger partial charge in [-0.15, -0.1) is 0 Å². The van der Waals surface area contributed by atoms with Crippen LogP contribution in [0.1, 0.15) is 272 Å². The van der Waals surface area contributed by atoms with E-state index < -0.39 is 5.60 Å². The number of para-hydroxylation sites is 1. The highest BCUT2D eigenvalue weighted by molar-refractivity contribution is 6.06. The van der Waals surface area contributed by atoms with Gasteiger partial charge in [-0.05, 0) is 97.8 Å². The lowest BCUT2D eigenvalue weighted by Gasteiger charge is -2.27. The van der Waals surface area contributed by atoms with Crippen molar-refractivity contribution in [2.75, 3.05) is 51.5 Å². The zero-order valence-corrected chi connectivity index (χ0v) is 47.6. The topological polar surface area (TPSA) is 102 Å². The molecule has 0 saturated heterocycles. The van der Waals surface area contributed by atoms with Crippen molar-refractivity contribution in [1.82, 2.24) is 29.7 Å². The number of fused-ring (bicyclic) bond motifs is 3. The van der Waals surface area contributed by atoms with Crippen molar-refractivity contribution >= 4 is 33.7 Å². The summed E-state index contributed by atoms with van der Waals surface area (Å²) in [6.07, 6.45) is 47.1. The number of carbonyl (C=O) groups excluding carboxylic acids is 1.